The van der Waals surface area contributed by atoms with Gasteiger partial charge < -0.3 is 15.0 Å². The lowest BCUT2D eigenvalue weighted by molar-refractivity contribution is 0.0761. The molecule has 3 rings (SSSR count). The number of ether oxygens (including phenoxy) is 1. The number of pyridine rings is 1. The van der Waals surface area contributed by atoms with Crippen LogP contribution >= 0.6 is 0 Å². The van der Waals surface area contributed by atoms with Crippen molar-refractivity contribution < 1.29 is 9.53 Å². The Morgan fingerprint density at radius 1 is 1.15 bits per heavy atom. The van der Waals surface area contributed by atoms with E-state index in [-0.39, 0.29) is 5.91 Å². The van der Waals surface area contributed by atoms with E-state index in [0.29, 0.717) is 5.56 Å². The normalized spacial score (nSPS) is 14.6. The summed E-state index contributed by atoms with van der Waals surface area (Å²) in [5.41, 5.74) is 2.76. The van der Waals surface area contributed by atoms with Crippen molar-refractivity contribution in [3.63, 3.8) is 0 Å². The van der Waals surface area contributed by atoms with Crippen LogP contribution in [0.25, 0.3) is 0 Å². The molecule has 1 fully saturated rings. The second-order valence-electron chi connectivity index (χ2n) is 6.70. The molecular weight excluding hydrogens is 326 g/mol. The standard InChI is InChI=1S/C21H27N3O2/c1-26-20-8-6-7-17(13-20)9-10-23-19-14-18(15-22-16-19)21(25)24-11-4-2-3-5-12-24/h6-8,13-16,23H,2-5,9-12H2,1H3. The van der Waals surface area contributed by atoms with Crippen LogP contribution in [-0.2, 0) is 6.42 Å². The van der Waals surface area contributed by atoms with Crippen molar-refractivity contribution in [3.05, 3.63) is 53.9 Å². The third-order valence-electron chi connectivity index (χ3n) is 4.76. The minimum atomic E-state index is 0.0934. The van der Waals surface area contributed by atoms with Gasteiger partial charge in [-0.15, -0.1) is 0 Å². The van der Waals surface area contributed by atoms with Gasteiger partial charge in [0.1, 0.15) is 5.75 Å². The van der Waals surface area contributed by atoms with Crippen molar-refractivity contribution in [2.24, 2.45) is 0 Å². The lowest BCUT2D eigenvalue weighted by Gasteiger charge is -2.20. The first-order chi connectivity index (χ1) is 12.8. The molecule has 1 N–H and O–H groups in total. The molecule has 0 spiro atoms. The number of benzene rings is 1. The van der Waals surface area contributed by atoms with Crippen LogP contribution in [0.1, 0.15) is 41.6 Å². The largest absolute Gasteiger partial charge is 0.497 e. The van der Waals surface area contributed by atoms with Crippen molar-refractivity contribution >= 4 is 11.6 Å². The van der Waals surface area contributed by atoms with Gasteiger partial charge in [-0.1, -0.05) is 25.0 Å². The summed E-state index contributed by atoms with van der Waals surface area (Å²) in [5.74, 6) is 0.963. The van der Waals surface area contributed by atoms with Gasteiger partial charge in [0.2, 0.25) is 0 Å². The first kappa shape index (κ1) is 18.2. The van der Waals surface area contributed by atoms with E-state index in [1.165, 1.54) is 18.4 Å². The highest BCUT2D eigenvalue weighted by molar-refractivity contribution is 5.94. The summed E-state index contributed by atoms with van der Waals surface area (Å²) in [6.07, 6.45) is 8.93. The fraction of sp³-hybridized carbons (Fsp3) is 0.429. The Balaban J connectivity index is 1.57. The van der Waals surface area contributed by atoms with Gasteiger partial charge in [-0.25, -0.2) is 0 Å². The maximum absolute atomic E-state index is 12.7. The Hall–Kier alpha value is -2.56. The molecule has 1 saturated heterocycles. The SMILES string of the molecule is COc1cccc(CCNc2cncc(C(=O)N3CCCCCC3)c2)c1. The van der Waals surface area contributed by atoms with Gasteiger partial charge in [-0.3, -0.25) is 9.78 Å². The first-order valence-electron chi connectivity index (χ1n) is 9.37. The number of hydrogen-bond acceptors (Lipinski definition) is 4. The van der Waals surface area contributed by atoms with E-state index in [1.807, 2.05) is 29.2 Å². The Labute approximate surface area is 155 Å². The van der Waals surface area contributed by atoms with Crippen LogP contribution in [0.2, 0.25) is 0 Å². The summed E-state index contributed by atoms with van der Waals surface area (Å²) >= 11 is 0. The predicted molar refractivity (Wildman–Crippen MR) is 104 cm³/mol. The number of hydrogen-bond donors (Lipinski definition) is 1. The van der Waals surface area contributed by atoms with Gasteiger partial charge in [-0.05, 0) is 43.0 Å². The number of amides is 1. The second-order valence-corrected chi connectivity index (χ2v) is 6.70. The lowest BCUT2D eigenvalue weighted by atomic mass is 10.1. The third kappa shape index (κ3) is 4.97. The molecule has 2 heterocycles. The molecule has 5 heteroatoms. The van der Waals surface area contributed by atoms with Gasteiger partial charge in [0, 0.05) is 32.0 Å². The zero-order valence-electron chi connectivity index (χ0n) is 15.4. The number of nitrogens with zero attached hydrogens (tertiary/aromatic N) is 2. The van der Waals surface area contributed by atoms with Crippen LogP contribution in [0.4, 0.5) is 5.69 Å². The Morgan fingerprint density at radius 3 is 2.73 bits per heavy atom. The summed E-state index contributed by atoms with van der Waals surface area (Å²) in [7, 11) is 1.68. The Morgan fingerprint density at radius 2 is 1.96 bits per heavy atom. The molecule has 138 valence electrons. The molecule has 0 atom stereocenters. The minimum Gasteiger partial charge on any atom is -0.497 e. The average Bonchev–Trinajstić information content (AvgIpc) is 2.97. The molecule has 0 aliphatic carbocycles. The number of anilines is 1. The van der Waals surface area contributed by atoms with E-state index < -0.39 is 0 Å². The van der Waals surface area contributed by atoms with Crippen molar-refractivity contribution in [2.45, 2.75) is 32.1 Å². The fourth-order valence-electron chi connectivity index (χ4n) is 3.29. The van der Waals surface area contributed by atoms with E-state index in [1.54, 1.807) is 19.5 Å². The highest BCUT2D eigenvalue weighted by Crippen LogP contribution is 2.16. The van der Waals surface area contributed by atoms with Crippen LogP contribution in [0.3, 0.4) is 0 Å². The van der Waals surface area contributed by atoms with E-state index in [4.69, 9.17) is 4.74 Å². The van der Waals surface area contributed by atoms with Crippen LogP contribution in [0, 0.1) is 0 Å². The van der Waals surface area contributed by atoms with E-state index in [0.717, 1.165) is 50.3 Å². The van der Waals surface area contributed by atoms with E-state index in [2.05, 4.69) is 16.4 Å². The molecule has 1 aromatic carbocycles. The number of aromatic nitrogens is 1. The zero-order chi connectivity index (χ0) is 18.2. The van der Waals surface area contributed by atoms with Crippen LogP contribution in [-0.4, -0.2) is 42.5 Å². The van der Waals surface area contributed by atoms with Gasteiger partial charge >= 0.3 is 0 Å². The summed E-state index contributed by atoms with van der Waals surface area (Å²) in [6, 6.07) is 9.97. The molecule has 5 nitrogen and oxygen atoms in total. The molecule has 2 aromatic rings. The molecule has 0 bridgehead atoms. The van der Waals surface area contributed by atoms with Crippen molar-refractivity contribution in [1.29, 1.82) is 0 Å². The molecule has 0 unspecified atom stereocenters. The third-order valence-corrected chi connectivity index (χ3v) is 4.76. The summed E-state index contributed by atoms with van der Waals surface area (Å²) in [5, 5.41) is 3.37. The molecule has 0 radical (unpaired) electrons. The average molecular weight is 353 g/mol. The Bertz CT molecular complexity index is 725. The molecule has 1 aliphatic rings. The number of methoxy groups -OCH3 is 1. The molecule has 26 heavy (non-hydrogen) atoms. The van der Waals surface area contributed by atoms with Crippen molar-refractivity contribution in [1.82, 2.24) is 9.88 Å². The molecule has 0 saturated carbocycles. The van der Waals surface area contributed by atoms with Crippen LogP contribution < -0.4 is 10.1 Å². The molecular formula is C21H27N3O2. The highest BCUT2D eigenvalue weighted by atomic mass is 16.5. The summed E-state index contributed by atoms with van der Waals surface area (Å²) < 4.78 is 5.26. The van der Waals surface area contributed by atoms with Crippen molar-refractivity contribution in [2.75, 3.05) is 32.1 Å². The topological polar surface area (TPSA) is 54.5 Å². The highest BCUT2D eigenvalue weighted by Gasteiger charge is 2.17. The smallest absolute Gasteiger partial charge is 0.255 e. The lowest BCUT2D eigenvalue weighted by Crippen LogP contribution is -2.31. The van der Waals surface area contributed by atoms with Gasteiger partial charge in [0.25, 0.3) is 5.91 Å². The fourth-order valence-corrected chi connectivity index (χ4v) is 3.29. The quantitative estimate of drug-likeness (QED) is 0.859. The molecule has 1 aliphatic heterocycles. The van der Waals surface area contributed by atoms with Crippen LogP contribution in [0.5, 0.6) is 5.75 Å². The number of nitrogens with one attached hydrogen (secondary N) is 1. The summed E-state index contributed by atoms with van der Waals surface area (Å²) in [4.78, 5) is 18.9. The number of rotatable bonds is 6. The maximum atomic E-state index is 12.7. The van der Waals surface area contributed by atoms with Gasteiger partial charge in [-0.2, -0.15) is 0 Å². The minimum absolute atomic E-state index is 0.0934. The second kappa shape index (κ2) is 9.22. The van der Waals surface area contributed by atoms with Gasteiger partial charge in [0.15, 0.2) is 0 Å². The predicted octanol–water partition coefficient (Wildman–Crippen LogP) is 3.76. The van der Waals surface area contributed by atoms with Crippen LogP contribution in [0.15, 0.2) is 42.7 Å². The van der Waals surface area contributed by atoms with Gasteiger partial charge in [0.05, 0.1) is 18.4 Å². The summed E-state index contributed by atoms with van der Waals surface area (Å²) in [6.45, 7) is 2.48. The maximum Gasteiger partial charge on any atom is 0.255 e. The number of carbonyl (C=O) groups is 1. The van der Waals surface area contributed by atoms with Crippen molar-refractivity contribution in [3.8, 4) is 5.75 Å². The Kier molecular flexibility index (Phi) is 6.47. The first-order valence-corrected chi connectivity index (χ1v) is 9.37. The monoisotopic (exact) mass is 353 g/mol. The number of carbonyl (C=O) groups excluding carboxylic acids is 1. The zero-order valence-corrected chi connectivity index (χ0v) is 15.4. The molecule has 1 aromatic heterocycles. The molecule has 1 amide bonds. The number of likely N-dealkylation sites (tertiary alicyclic amines) is 1. The van der Waals surface area contributed by atoms with E-state index >= 15 is 0 Å². The van der Waals surface area contributed by atoms with E-state index in [9.17, 15) is 4.79 Å².